The van der Waals surface area contributed by atoms with E-state index in [4.69, 9.17) is 0 Å². The molecule has 0 unspecified atom stereocenters. The SMILES string of the molecule is CCCCN(C)C(=NCc1cccc(C)n1)NCC. The molecule has 0 spiro atoms. The zero-order valence-electron chi connectivity index (χ0n) is 12.6. The molecule has 0 aliphatic heterocycles. The van der Waals surface area contributed by atoms with Crippen molar-refractivity contribution in [2.24, 2.45) is 4.99 Å². The molecule has 0 amide bonds. The van der Waals surface area contributed by atoms with Crippen LogP contribution >= 0.6 is 0 Å². The van der Waals surface area contributed by atoms with E-state index in [9.17, 15) is 0 Å². The molecule has 1 aromatic rings. The lowest BCUT2D eigenvalue weighted by atomic mass is 10.3. The van der Waals surface area contributed by atoms with Gasteiger partial charge in [0.1, 0.15) is 0 Å². The summed E-state index contributed by atoms with van der Waals surface area (Å²) in [7, 11) is 2.08. The third-order valence-electron chi connectivity index (χ3n) is 2.88. The van der Waals surface area contributed by atoms with Crippen LogP contribution in [-0.4, -0.2) is 36.0 Å². The molecule has 0 bridgehead atoms. The predicted molar refractivity (Wildman–Crippen MR) is 81.3 cm³/mol. The molecule has 1 heterocycles. The molecule has 19 heavy (non-hydrogen) atoms. The van der Waals surface area contributed by atoms with E-state index in [-0.39, 0.29) is 0 Å². The van der Waals surface area contributed by atoms with Crippen LogP contribution in [0.5, 0.6) is 0 Å². The fourth-order valence-corrected chi connectivity index (χ4v) is 1.81. The zero-order chi connectivity index (χ0) is 14.1. The lowest BCUT2D eigenvalue weighted by molar-refractivity contribution is 0.464. The topological polar surface area (TPSA) is 40.5 Å². The van der Waals surface area contributed by atoms with Crippen LogP contribution in [0.15, 0.2) is 23.2 Å². The number of aromatic nitrogens is 1. The Bertz CT molecular complexity index is 401. The summed E-state index contributed by atoms with van der Waals surface area (Å²) in [6.45, 7) is 8.84. The van der Waals surface area contributed by atoms with Gasteiger partial charge in [0.15, 0.2) is 5.96 Å². The van der Waals surface area contributed by atoms with Gasteiger partial charge in [0, 0.05) is 25.8 Å². The third kappa shape index (κ3) is 5.73. The van der Waals surface area contributed by atoms with E-state index in [0.717, 1.165) is 30.4 Å². The van der Waals surface area contributed by atoms with Crippen molar-refractivity contribution < 1.29 is 0 Å². The van der Waals surface area contributed by atoms with E-state index in [2.05, 4.69) is 41.1 Å². The Morgan fingerprint density at radius 1 is 1.37 bits per heavy atom. The van der Waals surface area contributed by atoms with Crippen molar-refractivity contribution in [3.63, 3.8) is 0 Å². The fraction of sp³-hybridized carbons (Fsp3) is 0.600. The van der Waals surface area contributed by atoms with Crippen molar-refractivity contribution in [2.45, 2.75) is 40.2 Å². The summed E-state index contributed by atoms with van der Waals surface area (Å²) in [5.74, 6) is 0.958. The smallest absolute Gasteiger partial charge is 0.194 e. The highest BCUT2D eigenvalue weighted by Crippen LogP contribution is 2.01. The monoisotopic (exact) mass is 262 g/mol. The average molecular weight is 262 g/mol. The average Bonchev–Trinajstić information content (AvgIpc) is 2.41. The summed E-state index contributed by atoms with van der Waals surface area (Å²) < 4.78 is 0. The molecule has 0 saturated heterocycles. The number of hydrogen-bond acceptors (Lipinski definition) is 2. The van der Waals surface area contributed by atoms with Crippen molar-refractivity contribution in [3.05, 3.63) is 29.6 Å². The molecule has 0 aromatic carbocycles. The Morgan fingerprint density at radius 2 is 2.16 bits per heavy atom. The van der Waals surface area contributed by atoms with Gasteiger partial charge in [0.05, 0.1) is 12.2 Å². The summed E-state index contributed by atoms with van der Waals surface area (Å²) >= 11 is 0. The Hall–Kier alpha value is -1.58. The minimum Gasteiger partial charge on any atom is -0.357 e. The van der Waals surface area contributed by atoms with Crippen molar-refractivity contribution in [2.75, 3.05) is 20.1 Å². The van der Waals surface area contributed by atoms with E-state index < -0.39 is 0 Å². The van der Waals surface area contributed by atoms with Gasteiger partial charge in [-0.05, 0) is 32.4 Å². The van der Waals surface area contributed by atoms with Crippen molar-refractivity contribution >= 4 is 5.96 Å². The minimum absolute atomic E-state index is 0.625. The van der Waals surface area contributed by atoms with E-state index >= 15 is 0 Å². The third-order valence-corrected chi connectivity index (χ3v) is 2.88. The molecular weight excluding hydrogens is 236 g/mol. The first kappa shape index (κ1) is 15.5. The highest BCUT2D eigenvalue weighted by molar-refractivity contribution is 5.79. The Kier molecular flexibility index (Phi) is 6.93. The van der Waals surface area contributed by atoms with Crippen molar-refractivity contribution in [1.29, 1.82) is 0 Å². The van der Waals surface area contributed by atoms with Gasteiger partial charge in [-0.3, -0.25) is 4.98 Å². The number of guanidine groups is 1. The summed E-state index contributed by atoms with van der Waals surface area (Å²) in [6.07, 6.45) is 2.38. The zero-order valence-corrected chi connectivity index (χ0v) is 12.6. The lowest BCUT2D eigenvalue weighted by Crippen LogP contribution is -2.39. The first-order valence-electron chi connectivity index (χ1n) is 7.09. The van der Waals surface area contributed by atoms with E-state index in [1.807, 2.05) is 25.1 Å². The highest BCUT2D eigenvalue weighted by atomic mass is 15.3. The van der Waals surface area contributed by atoms with E-state index in [1.165, 1.54) is 12.8 Å². The minimum atomic E-state index is 0.625. The quantitative estimate of drug-likeness (QED) is 0.633. The molecule has 0 atom stereocenters. The summed E-state index contributed by atoms with van der Waals surface area (Å²) in [5.41, 5.74) is 2.05. The first-order valence-corrected chi connectivity index (χ1v) is 7.09. The van der Waals surface area contributed by atoms with Crippen molar-refractivity contribution in [1.82, 2.24) is 15.2 Å². The van der Waals surface area contributed by atoms with Gasteiger partial charge in [-0.2, -0.15) is 0 Å². The number of unbranched alkanes of at least 4 members (excludes halogenated alkanes) is 1. The van der Waals surface area contributed by atoms with Gasteiger partial charge in [-0.15, -0.1) is 0 Å². The van der Waals surface area contributed by atoms with Crippen LogP contribution in [0, 0.1) is 6.92 Å². The molecule has 1 rings (SSSR count). The second-order valence-electron chi connectivity index (χ2n) is 4.72. The number of aliphatic imine (C=N–C) groups is 1. The Morgan fingerprint density at radius 3 is 2.79 bits per heavy atom. The van der Waals surface area contributed by atoms with Gasteiger partial charge < -0.3 is 10.2 Å². The number of hydrogen-bond donors (Lipinski definition) is 1. The van der Waals surface area contributed by atoms with Crippen LogP contribution < -0.4 is 5.32 Å². The maximum atomic E-state index is 4.65. The Balaban J connectivity index is 2.66. The van der Waals surface area contributed by atoms with Crippen LogP contribution in [0.4, 0.5) is 0 Å². The molecule has 0 aliphatic carbocycles. The molecule has 1 N–H and O–H groups in total. The summed E-state index contributed by atoms with van der Waals surface area (Å²) in [4.78, 5) is 11.3. The summed E-state index contributed by atoms with van der Waals surface area (Å²) in [5, 5.41) is 3.32. The standard InChI is InChI=1S/C15H26N4/c1-5-7-11-19(4)15(16-6-2)17-12-14-10-8-9-13(3)18-14/h8-10H,5-7,11-12H2,1-4H3,(H,16,17). The number of aryl methyl sites for hydroxylation is 1. The molecule has 1 aromatic heterocycles. The largest absolute Gasteiger partial charge is 0.357 e. The van der Waals surface area contributed by atoms with Gasteiger partial charge in [0.25, 0.3) is 0 Å². The molecule has 0 radical (unpaired) electrons. The number of nitrogens with one attached hydrogen (secondary N) is 1. The Labute approximate surface area is 117 Å². The van der Waals surface area contributed by atoms with E-state index in [1.54, 1.807) is 0 Å². The van der Waals surface area contributed by atoms with Crippen molar-refractivity contribution in [3.8, 4) is 0 Å². The molecule has 0 saturated carbocycles. The second-order valence-corrected chi connectivity index (χ2v) is 4.72. The van der Waals surface area contributed by atoms with Gasteiger partial charge in [-0.1, -0.05) is 19.4 Å². The molecular formula is C15H26N4. The first-order chi connectivity index (χ1) is 9.17. The molecule has 106 valence electrons. The molecule has 4 heteroatoms. The summed E-state index contributed by atoms with van der Waals surface area (Å²) in [6, 6.07) is 6.05. The van der Waals surface area contributed by atoms with Gasteiger partial charge >= 0.3 is 0 Å². The molecule has 0 aliphatic rings. The predicted octanol–water partition coefficient (Wildman–Crippen LogP) is 2.59. The van der Waals surface area contributed by atoms with Crippen LogP contribution in [0.25, 0.3) is 0 Å². The van der Waals surface area contributed by atoms with E-state index in [0.29, 0.717) is 6.54 Å². The maximum Gasteiger partial charge on any atom is 0.194 e. The molecule has 4 nitrogen and oxygen atoms in total. The number of nitrogens with zero attached hydrogens (tertiary/aromatic N) is 3. The van der Waals surface area contributed by atoms with Crippen LogP contribution in [-0.2, 0) is 6.54 Å². The number of rotatable bonds is 6. The van der Waals surface area contributed by atoms with Gasteiger partial charge in [-0.25, -0.2) is 4.99 Å². The second kappa shape index (κ2) is 8.51. The number of pyridine rings is 1. The van der Waals surface area contributed by atoms with Crippen LogP contribution in [0.1, 0.15) is 38.1 Å². The van der Waals surface area contributed by atoms with Crippen LogP contribution in [0.2, 0.25) is 0 Å². The highest BCUT2D eigenvalue weighted by Gasteiger charge is 2.04. The fourth-order valence-electron chi connectivity index (χ4n) is 1.81. The van der Waals surface area contributed by atoms with Gasteiger partial charge in [0.2, 0.25) is 0 Å². The van der Waals surface area contributed by atoms with Crippen LogP contribution in [0.3, 0.4) is 0 Å². The maximum absolute atomic E-state index is 4.65. The lowest BCUT2D eigenvalue weighted by Gasteiger charge is -2.21. The normalized spacial score (nSPS) is 11.5. The molecule has 0 fully saturated rings.